The van der Waals surface area contributed by atoms with Crippen LogP contribution in [0.15, 0.2) is 30.5 Å². The molecule has 1 fully saturated rings. The van der Waals surface area contributed by atoms with E-state index in [2.05, 4.69) is 20.6 Å². The zero-order valence-corrected chi connectivity index (χ0v) is 15.3. The van der Waals surface area contributed by atoms with E-state index in [1.54, 1.807) is 30.5 Å². The number of halogens is 2. The molecule has 0 saturated heterocycles. The lowest BCUT2D eigenvalue weighted by Crippen LogP contribution is -2.35. The molecule has 3 rings (SSSR count). The second-order valence-corrected chi connectivity index (χ2v) is 6.96. The lowest BCUT2D eigenvalue weighted by molar-refractivity contribution is 0.0928. The Morgan fingerprint density at radius 3 is 2.40 bits per heavy atom. The Labute approximate surface area is 157 Å². The summed E-state index contributed by atoms with van der Waals surface area (Å²) in [7, 11) is 0. The minimum Gasteiger partial charge on any atom is -0.348 e. The molecule has 25 heavy (non-hydrogen) atoms. The first-order valence-corrected chi connectivity index (χ1v) is 9.24. The van der Waals surface area contributed by atoms with Crippen LogP contribution in [0.2, 0.25) is 10.0 Å². The molecule has 1 aromatic heterocycles. The maximum atomic E-state index is 12.5. The Balaban J connectivity index is 1.71. The standard InChI is InChI=1S/C18H20Cl2N4O/c19-13-8-5-9-14(20)16(13)24-18-21-11-10-15(23-18)17(25)22-12-6-3-1-2-4-7-12/h5,8-12H,1-4,6-7H2,(H,22,25)(H,21,23,24). The number of benzene rings is 1. The Hall–Kier alpha value is -1.85. The Morgan fingerprint density at radius 1 is 1.04 bits per heavy atom. The van der Waals surface area contributed by atoms with Crippen LogP contribution >= 0.6 is 23.2 Å². The fraction of sp³-hybridized carbons (Fsp3) is 0.389. The molecule has 132 valence electrons. The van der Waals surface area contributed by atoms with Crippen molar-refractivity contribution in [2.75, 3.05) is 5.32 Å². The number of hydrogen-bond acceptors (Lipinski definition) is 4. The van der Waals surface area contributed by atoms with Gasteiger partial charge in [-0.3, -0.25) is 4.79 Å². The van der Waals surface area contributed by atoms with E-state index >= 15 is 0 Å². The topological polar surface area (TPSA) is 66.9 Å². The highest BCUT2D eigenvalue weighted by Crippen LogP contribution is 2.31. The number of para-hydroxylation sites is 1. The third-order valence-corrected chi connectivity index (χ3v) is 4.91. The summed E-state index contributed by atoms with van der Waals surface area (Å²) in [6.07, 6.45) is 8.40. The molecular weight excluding hydrogens is 359 g/mol. The summed E-state index contributed by atoms with van der Waals surface area (Å²) in [5.41, 5.74) is 0.845. The predicted molar refractivity (Wildman–Crippen MR) is 101 cm³/mol. The molecule has 0 bridgehead atoms. The first kappa shape index (κ1) is 18.0. The van der Waals surface area contributed by atoms with Gasteiger partial charge in [-0.1, -0.05) is 55.0 Å². The molecule has 0 unspecified atom stereocenters. The molecule has 1 saturated carbocycles. The van der Waals surface area contributed by atoms with Gasteiger partial charge in [0.05, 0.1) is 15.7 Å². The number of aromatic nitrogens is 2. The van der Waals surface area contributed by atoms with Crippen LogP contribution < -0.4 is 10.6 Å². The van der Waals surface area contributed by atoms with Crippen molar-refractivity contribution in [3.63, 3.8) is 0 Å². The lowest BCUT2D eigenvalue weighted by atomic mass is 10.1. The Bertz CT molecular complexity index is 725. The zero-order valence-electron chi connectivity index (χ0n) is 13.8. The monoisotopic (exact) mass is 378 g/mol. The second kappa shape index (κ2) is 8.50. The van der Waals surface area contributed by atoms with Gasteiger partial charge in [-0.15, -0.1) is 0 Å². The quantitative estimate of drug-likeness (QED) is 0.736. The number of rotatable bonds is 4. The minimum atomic E-state index is -0.178. The molecule has 1 heterocycles. The van der Waals surface area contributed by atoms with Crippen molar-refractivity contribution in [2.24, 2.45) is 0 Å². The van der Waals surface area contributed by atoms with Crippen LogP contribution in [0.5, 0.6) is 0 Å². The van der Waals surface area contributed by atoms with E-state index in [1.165, 1.54) is 12.8 Å². The van der Waals surface area contributed by atoms with Crippen LogP contribution in [0.1, 0.15) is 49.0 Å². The van der Waals surface area contributed by atoms with Crippen molar-refractivity contribution in [3.8, 4) is 0 Å². The van der Waals surface area contributed by atoms with E-state index in [0.717, 1.165) is 25.7 Å². The second-order valence-electron chi connectivity index (χ2n) is 6.15. The number of amides is 1. The Morgan fingerprint density at radius 2 is 1.72 bits per heavy atom. The Kier molecular flexibility index (Phi) is 6.10. The molecule has 1 aliphatic carbocycles. The fourth-order valence-corrected chi connectivity index (χ4v) is 3.45. The zero-order chi connectivity index (χ0) is 17.6. The fourth-order valence-electron chi connectivity index (χ4n) is 2.96. The number of carbonyl (C=O) groups excluding carboxylic acids is 1. The van der Waals surface area contributed by atoms with Crippen molar-refractivity contribution in [2.45, 2.75) is 44.6 Å². The average molecular weight is 379 g/mol. The molecule has 2 aromatic rings. The summed E-state index contributed by atoms with van der Waals surface area (Å²) in [4.78, 5) is 20.9. The van der Waals surface area contributed by atoms with Crippen LogP contribution in [-0.4, -0.2) is 21.9 Å². The largest absolute Gasteiger partial charge is 0.348 e. The summed E-state index contributed by atoms with van der Waals surface area (Å²) in [5, 5.41) is 6.99. The van der Waals surface area contributed by atoms with Gasteiger partial charge < -0.3 is 10.6 Å². The number of carbonyl (C=O) groups is 1. The first-order valence-electron chi connectivity index (χ1n) is 8.48. The van der Waals surface area contributed by atoms with E-state index in [0.29, 0.717) is 21.4 Å². The smallest absolute Gasteiger partial charge is 0.270 e. The summed E-state index contributed by atoms with van der Waals surface area (Å²) in [6, 6.07) is 7.02. The molecular formula is C18H20Cl2N4O. The maximum absolute atomic E-state index is 12.5. The molecule has 5 nitrogen and oxygen atoms in total. The normalized spacial score (nSPS) is 15.4. The van der Waals surface area contributed by atoms with E-state index in [4.69, 9.17) is 23.2 Å². The average Bonchev–Trinajstić information content (AvgIpc) is 2.87. The van der Waals surface area contributed by atoms with Crippen molar-refractivity contribution in [1.82, 2.24) is 15.3 Å². The molecule has 1 aliphatic rings. The van der Waals surface area contributed by atoms with Gasteiger partial charge >= 0.3 is 0 Å². The van der Waals surface area contributed by atoms with Gasteiger partial charge in [0.2, 0.25) is 5.95 Å². The molecule has 1 amide bonds. The van der Waals surface area contributed by atoms with Crippen LogP contribution in [0, 0.1) is 0 Å². The molecule has 2 N–H and O–H groups in total. The molecule has 0 atom stereocenters. The molecule has 0 spiro atoms. The SMILES string of the molecule is O=C(NC1CCCCCC1)c1ccnc(Nc2c(Cl)cccc2Cl)n1. The van der Waals surface area contributed by atoms with Crippen LogP contribution in [0.25, 0.3) is 0 Å². The van der Waals surface area contributed by atoms with E-state index in [-0.39, 0.29) is 17.9 Å². The molecule has 7 heteroatoms. The predicted octanol–water partition coefficient (Wildman–Crippen LogP) is 4.98. The van der Waals surface area contributed by atoms with Gasteiger partial charge in [-0.05, 0) is 31.0 Å². The van der Waals surface area contributed by atoms with E-state index < -0.39 is 0 Å². The van der Waals surface area contributed by atoms with Gasteiger partial charge in [-0.2, -0.15) is 0 Å². The summed E-state index contributed by atoms with van der Waals surface area (Å²) in [5.74, 6) is 0.103. The summed E-state index contributed by atoms with van der Waals surface area (Å²) >= 11 is 12.3. The molecule has 1 aromatic carbocycles. The highest BCUT2D eigenvalue weighted by atomic mass is 35.5. The number of nitrogens with zero attached hydrogens (tertiary/aromatic N) is 2. The number of hydrogen-bond donors (Lipinski definition) is 2. The molecule has 0 radical (unpaired) electrons. The number of anilines is 2. The minimum absolute atomic E-state index is 0.178. The van der Waals surface area contributed by atoms with E-state index in [1.807, 2.05) is 0 Å². The van der Waals surface area contributed by atoms with Crippen LogP contribution in [-0.2, 0) is 0 Å². The highest BCUT2D eigenvalue weighted by Gasteiger charge is 2.17. The lowest BCUT2D eigenvalue weighted by Gasteiger charge is -2.16. The molecule has 0 aliphatic heterocycles. The van der Waals surface area contributed by atoms with Crippen LogP contribution in [0.3, 0.4) is 0 Å². The summed E-state index contributed by atoms with van der Waals surface area (Å²) < 4.78 is 0. The van der Waals surface area contributed by atoms with Crippen LogP contribution in [0.4, 0.5) is 11.6 Å². The van der Waals surface area contributed by atoms with Crippen molar-refractivity contribution in [3.05, 3.63) is 46.2 Å². The van der Waals surface area contributed by atoms with Crippen molar-refractivity contribution >= 4 is 40.7 Å². The van der Waals surface area contributed by atoms with Gasteiger partial charge in [0.25, 0.3) is 5.91 Å². The third kappa shape index (κ3) is 4.83. The van der Waals surface area contributed by atoms with Gasteiger partial charge in [0, 0.05) is 12.2 Å². The van der Waals surface area contributed by atoms with Crippen molar-refractivity contribution in [1.29, 1.82) is 0 Å². The highest BCUT2D eigenvalue weighted by molar-refractivity contribution is 6.39. The van der Waals surface area contributed by atoms with Crippen molar-refractivity contribution < 1.29 is 4.79 Å². The maximum Gasteiger partial charge on any atom is 0.270 e. The summed E-state index contributed by atoms with van der Waals surface area (Å²) in [6.45, 7) is 0. The third-order valence-electron chi connectivity index (χ3n) is 4.28. The van der Waals surface area contributed by atoms with Gasteiger partial charge in [0.1, 0.15) is 5.69 Å². The van der Waals surface area contributed by atoms with Gasteiger partial charge in [-0.25, -0.2) is 9.97 Å². The van der Waals surface area contributed by atoms with E-state index in [9.17, 15) is 4.79 Å². The van der Waals surface area contributed by atoms with Gasteiger partial charge in [0.15, 0.2) is 0 Å². The number of nitrogens with one attached hydrogen (secondary N) is 2. The first-order chi connectivity index (χ1) is 12.1.